The van der Waals surface area contributed by atoms with Gasteiger partial charge in [-0.05, 0) is 31.9 Å². The Morgan fingerprint density at radius 2 is 2.33 bits per heavy atom. The molecule has 0 aliphatic carbocycles. The number of amides is 1. The molecule has 96 valence electrons. The maximum absolute atomic E-state index is 12.1. The molecule has 0 saturated carbocycles. The monoisotopic (exact) mass is 264 g/mol. The third-order valence-corrected chi connectivity index (χ3v) is 3.34. The van der Waals surface area contributed by atoms with Crippen molar-refractivity contribution in [3.8, 4) is 0 Å². The Hall–Kier alpha value is -1.46. The second-order valence-corrected chi connectivity index (χ2v) is 5.02. The topological polar surface area (TPSA) is 64.4 Å². The Bertz CT molecular complexity index is 482. The van der Waals surface area contributed by atoms with Crippen LogP contribution in [0.2, 0.25) is 0 Å². The lowest BCUT2D eigenvalue weighted by Crippen LogP contribution is -2.39. The number of hydrogen-bond donors (Lipinski definition) is 2. The maximum atomic E-state index is 12.1. The number of carbonyl (C=O) groups excluding carboxylic acids is 1. The highest BCUT2D eigenvalue weighted by Gasteiger charge is 2.37. The SMILES string of the molecule is CC1(C(=O)Nc2cccc(C(N)=S)c2)CCCO1. The smallest absolute Gasteiger partial charge is 0.256 e. The van der Waals surface area contributed by atoms with Crippen LogP contribution in [0.5, 0.6) is 0 Å². The van der Waals surface area contributed by atoms with Gasteiger partial charge in [0.25, 0.3) is 5.91 Å². The number of carbonyl (C=O) groups is 1. The van der Waals surface area contributed by atoms with Gasteiger partial charge in [0.15, 0.2) is 0 Å². The number of ether oxygens (including phenoxy) is 1. The molecule has 0 radical (unpaired) electrons. The van der Waals surface area contributed by atoms with E-state index in [0.717, 1.165) is 18.4 Å². The molecule has 1 amide bonds. The number of anilines is 1. The van der Waals surface area contributed by atoms with Crippen molar-refractivity contribution in [3.63, 3.8) is 0 Å². The largest absolute Gasteiger partial charge is 0.389 e. The molecular formula is C13H16N2O2S. The van der Waals surface area contributed by atoms with E-state index in [1.165, 1.54) is 0 Å². The summed E-state index contributed by atoms with van der Waals surface area (Å²) < 4.78 is 5.49. The van der Waals surface area contributed by atoms with Gasteiger partial charge in [-0.25, -0.2) is 0 Å². The van der Waals surface area contributed by atoms with Gasteiger partial charge >= 0.3 is 0 Å². The molecule has 1 unspecified atom stereocenters. The quantitative estimate of drug-likeness (QED) is 0.817. The van der Waals surface area contributed by atoms with Crippen LogP contribution < -0.4 is 11.1 Å². The molecule has 2 rings (SSSR count). The summed E-state index contributed by atoms with van der Waals surface area (Å²) in [6.45, 7) is 2.45. The first-order chi connectivity index (χ1) is 8.51. The molecule has 1 heterocycles. The Morgan fingerprint density at radius 1 is 1.56 bits per heavy atom. The molecule has 5 heteroatoms. The maximum Gasteiger partial charge on any atom is 0.256 e. The molecule has 3 N–H and O–H groups in total. The molecule has 1 aromatic carbocycles. The number of rotatable bonds is 3. The lowest BCUT2D eigenvalue weighted by molar-refractivity contribution is -0.133. The highest BCUT2D eigenvalue weighted by molar-refractivity contribution is 7.80. The molecule has 1 saturated heterocycles. The number of hydrogen-bond acceptors (Lipinski definition) is 3. The van der Waals surface area contributed by atoms with Crippen molar-refractivity contribution in [1.82, 2.24) is 0 Å². The van der Waals surface area contributed by atoms with Gasteiger partial charge in [-0.1, -0.05) is 24.4 Å². The molecule has 18 heavy (non-hydrogen) atoms. The van der Waals surface area contributed by atoms with Gasteiger partial charge in [-0.3, -0.25) is 4.79 Å². The van der Waals surface area contributed by atoms with Gasteiger partial charge in [0.2, 0.25) is 0 Å². The summed E-state index contributed by atoms with van der Waals surface area (Å²) in [5, 5.41) is 2.84. The van der Waals surface area contributed by atoms with Gasteiger partial charge < -0.3 is 15.8 Å². The van der Waals surface area contributed by atoms with Crippen molar-refractivity contribution >= 4 is 28.8 Å². The highest BCUT2D eigenvalue weighted by Crippen LogP contribution is 2.26. The van der Waals surface area contributed by atoms with E-state index in [0.29, 0.717) is 17.3 Å². The minimum atomic E-state index is -0.723. The highest BCUT2D eigenvalue weighted by atomic mass is 32.1. The van der Waals surface area contributed by atoms with Crippen LogP contribution in [-0.4, -0.2) is 23.1 Å². The standard InChI is InChI=1S/C13H16N2O2S/c1-13(6-3-7-17-13)12(16)15-10-5-2-4-9(8-10)11(14)18/h2,4-5,8H,3,6-7H2,1H3,(H2,14,18)(H,15,16). The Labute approximate surface area is 112 Å². The minimum Gasteiger partial charge on any atom is -0.389 e. The first-order valence-electron chi connectivity index (χ1n) is 5.86. The molecule has 1 aliphatic heterocycles. The zero-order chi connectivity index (χ0) is 13.2. The Balaban J connectivity index is 2.11. The van der Waals surface area contributed by atoms with E-state index in [2.05, 4.69) is 5.32 Å². The number of nitrogens with one attached hydrogen (secondary N) is 1. The van der Waals surface area contributed by atoms with E-state index < -0.39 is 5.60 Å². The van der Waals surface area contributed by atoms with Crippen LogP contribution >= 0.6 is 12.2 Å². The van der Waals surface area contributed by atoms with Crippen LogP contribution in [0.4, 0.5) is 5.69 Å². The number of thiocarbonyl (C=S) groups is 1. The molecule has 1 aromatic rings. The molecule has 0 bridgehead atoms. The average molecular weight is 264 g/mol. The van der Waals surface area contributed by atoms with E-state index in [9.17, 15) is 4.79 Å². The summed E-state index contributed by atoms with van der Waals surface area (Å²) >= 11 is 4.90. The van der Waals surface area contributed by atoms with E-state index in [1.54, 1.807) is 12.1 Å². The van der Waals surface area contributed by atoms with E-state index in [1.807, 2.05) is 19.1 Å². The zero-order valence-electron chi connectivity index (χ0n) is 10.2. The minimum absolute atomic E-state index is 0.125. The van der Waals surface area contributed by atoms with Crippen molar-refractivity contribution in [2.45, 2.75) is 25.4 Å². The zero-order valence-corrected chi connectivity index (χ0v) is 11.0. The van der Waals surface area contributed by atoms with Crippen LogP contribution in [0.25, 0.3) is 0 Å². The molecule has 0 spiro atoms. The lowest BCUT2D eigenvalue weighted by Gasteiger charge is -2.22. The second-order valence-electron chi connectivity index (χ2n) is 4.58. The molecule has 0 aromatic heterocycles. The van der Waals surface area contributed by atoms with Crippen molar-refractivity contribution in [2.24, 2.45) is 5.73 Å². The summed E-state index contributed by atoms with van der Waals surface area (Å²) in [6.07, 6.45) is 1.66. The summed E-state index contributed by atoms with van der Waals surface area (Å²) in [7, 11) is 0. The summed E-state index contributed by atoms with van der Waals surface area (Å²) in [5.74, 6) is -0.125. The van der Waals surface area contributed by atoms with Crippen molar-refractivity contribution in [1.29, 1.82) is 0 Å². The molecule has 4 nitrogen and oxygen atoms in total. The summed E-state index contributed by atoms with van der Waals surface area (Å²) in [4.78, 5) is 12.4. The summed E-state index contributed by atoms with van der Waals surface area (Å²) in [6, 6.07) is 7.18. The van der Waals surface area contributed by atoms with Crippen LogP contribution in [0, 0.1) is 0 Å². The van der Waals surface area contributed by atoms with Gasteiger partial charge in [-0.2, -0.15) is 0 Å². The molecule has 1 atom stereocenters. The van der Waals surface area contributed by atoms with Crippen LogP contribution in [0.1, 0.15) is 25.3 Å². The van der Waals surface area contributed by atoms with E-state index in [4.69, 9.17) is 22.7 Å². The first kappa shape index (κ1) is 13.0. The predicted octanol–water partition coefficient (Wildman–Crippen LogP) is 1.83. The van der Waals surface area contributed by atoms with Gasteiger partial charge in [0.05, 0.1) is 0 Å². The van der Waals surface area contributed by atoms with Gasteiger partial charge in [0.1, 0.15) is 10.6 Å². The van der Waals surface area contributed by atoms with Crippen LogP contribution in [0.15, 0.2) is 24.3 Å². The fourth-order valence-corrected chi connectivity index (χ4v) is 2.10. The van der Waals surface area contributed by atoms with Gasteiger partial charge in [-0.15, -0.1) is 0 Å². The normalized spacial score (nSPS) is 22.7. The first-order valence-corrected chi connectivity index (χ1v) is 6.27. The fourth-order valence-electron chi connectivity index (χ4n) is 1.97. The van der Waals surface area contributed by atoms with Gasteiger partial charge in [0, 0.05) is 17.9 Å². The van der Waals surface area contributed by atoms with Crippen LogP contribution in [-0.2, 0) is 9.53 Å². The van der Waals surface area contributed by atoms with E-state index in [-0.39, 0.29) is 5.91 Å². The molecule has 1 aliphatic rings. The van der Waals surface area contributed by atoms with E-state index >= 15 is 0 Å². The average Bonchev–Trinajstić information content (AvgIpc) is 2.78. The third kappa shape index (κ3) is 2.68. The molecule has 1 fully saturated rings. The summed E-state index contributed by atoms with van der Waals surface area (Å²) in [5.41, 5.74) is 6.25. The second kappa shape index (κ2) is 5.04. The van der Waals surface area contributed by atoms with Crippen molar-refractivity contribution < 1.29 is 9.53 Å². The Kier molecular flexibility index (Phi) is 3.63. The predicted molar refractivity (Wildman–Crippen MR) is 74.6 cm³/mol. The fraction of sp³-hybridized carbons (Fsp3) is 0.385. The van der Waals surface area contributed by atoms with Crippen LogP contribution in [0.3, 0.4) is 0 Å². The van der Waals surface area contributed by atoms with Crippen molar-refractivity contribution in [3.05, 3.63) is 29.8 Å². The van der Waals surface area contributed by atoms with Crippen molar-refractivity contribution in [2.75, 3.05) is 11.9 Å². The molecular weight excluding hydrogens is 248 g/mol. The number of nitrogens with two attached hydrogens (primary N) is 1. The lowest BCUT2D eigenvalue weighted by atomic mass is 10.0. The third-order valence-electron chi connectivity index (χ3n) is 3.10. The number of benzene rings is 1. The Morgan fingerprint density at radius 3 is 2.94 bits per heavy atom.